The van der Waals surface area contributed by atoms with Gasteiger partial charge in [-0.2, -0.15) is 4.31 Å². The number of hydrogen-bond donors (Lipinski definition) is 1. The normalized spacial score (nSPS) is 12.0. The molecule has 1 aromatic heterocycles. The van der Waals surface area contributed by atoms with Gasteiger partial charge in [-0.25, -0.2) is 8.42 Å². The summed E-state index contributed by atoms with van der Waals surface area (Å²) in [4.78, 5) is 1.10. The minimum absolute atomic E-state index is 0.271. The number of sulfonamides is 1. The van der Waals surface area contributed by atoms with Gasteiger partial charge in [0, 0.05) is 29.5 Å². The highest BCUT2D eigenvalue weighted by Crippen LogP contribution is 2.33. The summed E-state index contributed by atoms with van der Waals surface area (Å²) < 4.78 is 28.1. The molecule has 0 saturated heterocycles. The van der Waals surface area contributed by atoms with Crippen molar-refractivity contribution in [3.05, 3.63) is 49.0 Å². The van der Waals surface area contributed by atoms with Crippen molar-refractivity contribution in [1.82, 2.24) is 4.31 Å². The Balaban J connectivity index is 2.25. The van der Waals surface area contributed by atoms with Crippen molar-refractivity contribution < 1.29 is 8.42 Å². The van der Waals surface area contributed by atoms with Crippen molar-refractivity contribution in [1.29, 1.82) is 0 Å². The van der Waals surface area contributed by atoms with Gasteiger partial charge in [0.1, 0.15) is 4.90 Å². The van der Waals surface area contributed by atoms with Crippen LogP contribution in [0.15, 0.2) is 43.5 Å². The molecule has 0 fully saturated rings. The zero-order chi connectivity index (χ0) is 15.6. The molecule has 0 radical (unpaired) electrons. The van der Waals surface area contributed by atoms with E-state index in [1.807, 2.05) is 24.3 Å². The van der Waals surface area contributed by atoms with Crippen molar-refractivity contribution in [2.45, 2.75) is 18.0 Å². The number of benzene rings is 1. The summed E-state index contributed by atoms with van der Waals surface area (Å²) in [7, 11) is -1.96. The molecule has 0 saturated carbocycles. The molecule has 21 heavy (non-hydrogen) atoms. The van der Waals surface area contributed by atoms with E-state index in [0.717, 1.165) is 14.9 Å². The lowest BCUT2D eigenvalue weighted by Gasteiger charge is -2.17. The second-order valence-corrected chi connectivity index (χ2v) is 9.83. The molecule has 2 rings (SSSR count). The molecule has 114 valence electrons. The summed E-state index contributed by atoms with van der Waals surface area (Å²) >= 11 is 8.01. The minimum atomic E-state index is -3.54. The first-order chi connectivity index (χ1) is 9.84. The van der Waals surface area contributed by atoms with Crippen LogP contribution in [0.4, 0.5) is 0 Å². The third-order valence-corrected chi connectivity index (χ3v) is 7.52. The molecular formula is C13H14Br2N2O2S2. The van der Waals surface area contributed by atoms with Crippen LogP contribution >= 0.6 is 43.2 Å². The molecule has 0 bridgehead atoms. The first-order valence-electron chi connectivity index (χ1n) is 6.03. The summed E-state index contributed by atoms with van der Waals surface area (Å²) in [6.45, 7) is 0.644. The van der Waals surface area contributed by atoms with Gasteiger partial charge in [-0.3, -0.25) is 0 Å². The maximum absolute atomic E-state index is 12.6. The average molecular weight is 454 g/mol. The molecule has 0 spiro atoms. The molecule has 2 N–H and O–H groups in total. The van der Waals surface area contributed by atoms with E-state index in [1.54, 1.807) is 13.1 Å². The Morgan fingerprint density at radius 1 is 1.24 bits per heavy atom. The van der Waals surface area contributed by atoms with Crippen LogP contribution in [0, 0.1) is 0 Å². The van der Waals surface area contributed by atoms with Gasteiger partial charge >= 0.3 is 0 Å². The standard InChI is InChI=1S/C13H14Br2N2O2S2/c1-17(8-9-2-4-10(14)5-3-9)21(18,19)12-6-11(7-16)20-13(12)15/h2-6H,7-8,16H2,1H3. The van der Waals surface area contributed by atoms with E-state index in [4.69, 9.17) is 5.73 Å². The fourth-order valence-corrected chi connectivity index (χ4v) is 5.70. The maximum atomic E-state index is 12.6. The van der Waals surface area contributed by atoms with Crippen LogP contribution in [0.2, 0.25) is 0 Å². The lowest BCUT2D eigenvalue weighted by molar-refractivity contribution is 0.466. The van der Waals surface area contributed by atoms with Crippen LogP contribution in [-0.2, 0) is 23.1 Å². The largest absolute Gasteiger partial charge is 0.326 e. The van der Waals surface area contributed by atoms with Gasteiger partial charge in [-0.15, -0.1) is 11.3 Å². The van der Waals surface area contributed by atoms with Crippen LogP contribution in [0.5, 0.6) is 0 Å². The van der Waals surface area contributed by atoms with Crippen molar-refractivity contribution in [2.24, 2.45) is 5.73 Å². The van der Waals surface area contributed by atoms with E-state index in [1.165, 1.54) is 15.6 Å². The smallest absolute Gasteiger partial charge is 0.245 e. The van der Waals surface area contributed by atoms with Crippen molar-refractivity contribution >= 4 is 53.2 Å². The zero-order valence-electron chi connectivity index (χ0n) is 11.2. The SMILES string of the molecule is CN(Cc1ccc(Br)cc1)S(=O)(=O)c1cc(CN)sc1Br. The van der Waals surface area contributed by atoms with E-state index < -0.39 is 10.0 Å². The predicted molar refractivity (Wildman–Crippen MR) is 92.7 cm³/mol. The monoisotopic (exact) mass is 452 g/mol. The molecule has 0 aliphatic rings. The van der Waals surface area contributed by atoms with Crippen LogP contribution < -0.4 is 5.73 Å². The number of rotatable bonds is 5. The molecule has 0 amide bonds. The number of nitrogens with two attached hydrogens (primary N) is 1. The molecule has 4 nitrogen and oxygen atoms in total. The first-order valence-corrected chi connectivity index (χ1v) is 9.88. The van der Waals surface area contributed by atoms with Crippen molar-refractivity contribution in [2.75, 3.05) is 7.05 Å². The van der Waals surface area contributed by atoms with Gasteiger partial charge in [0.15, 0.2) is 0 Å². The lowest BCUT2D eigenvalue weighted by Crippen LogP contribution is -2.26. The molecule has 1 heterocycles. The molecule has 8 heteroatoms. The molecule has 0 aliphatic heterocycles. The quantitative estimate of drug-likeness (QED) is 0.752. The Kier molecular flexibility index (Phi) is 5.61. The predicted octanol–water partition coefficient (Wildman–Crippen LogP) is 3.55. The van der Waals surface area contributed by atoms with Crippen LogP contribution in [0.25, 0.3) is 0 Å². The Morgan fingerprint density at radius 3 is 2.38 bits per heavy atom. The Labute approximate surface area is 145 Å². The Hall–Kier alpha value is -0.250. The zero-order valence-corrected chi connectivity index (χ0v) is 16.0. The third kappa shape index (κ3) is 3.94. The molecular weight excluding hydrogens is 440 g/mol. The average Bonchev–Trinajstić information content (AvgIpc) is 2.83. The second-order valence-electron chi connectivity index (χ2n) is 4.44. The van der Waals surface area contributed by atoms with Gasteiger partial charge in [-0.05, 0) is 39.7 Å². The highest BCUT2D eigenvalue weighted by atomic mass is 79.9. The van der Waals surface area contributed by atoms with E-state index in [-0.39, 0.29) is 4.90 Å². The minimum Gasteiger partial charge on any atom is -0.326 e. The summed E-state index contributed by atoms with van der Waals surface area (Å²) in [6, 6.07) is 9.20. The summed E-state index contributed by atoms with van der Waals surface area (Å²) in [5.41, 5.74) is 6.49. The van der Waals surface area contributed by atoms with Crippen molar-refractivity contribution in [3.8, 4) is 0 Å². The molecule has 0 aliphatic carbocycles. The number of nitrogens with zero attached hydrogens (tertiary/aromatic N) is 1. The van der Waals surface area contributed by atoms with E-state index in [0.29, 0.717) is 16.9 Å². The fourth-order valence-electron chi connectivity index (χ4n) is 1.77. The Bertz CT molecular complexity index is 727. The van der Waals surface area contributed by atoms with Gasteiger partial charge in [0.25, 0.3) is 0 Å². The summed E-state index contributed by atoms with van der Waals surface area (Å²) in [6.07, 6.45) is 0. The topological polar surface area (TPSA) is 63.4 Å². The van der Waals surface area contributed by atoms with E-state index in [2.05, 4.69) is 31.9 Å². The first kappa shape index (κ1) is 17.1. The van der Waals surface area contributed by atoms with Crippen molar-refractivity contribution in [3.63, 3.8) is 0 Å². The number of halogens is 2. The van der Waals surface area contributed by atoms with Gasteiger partial charge < -0.3 is 5.73 Å². The maximum Gasteiger partial charge on any atom is 0.245 e. The fraction of sp³-hybridized carbons (Fsp3) is 0.231. The number of thiophene rings is 1. The molecule has 0 atom stereocenters. The van der Waals surface area contributed by atoms with Crippen LogP contribution in [0.3, 0.4) is 0 Å². The van der Waals surface area contributed by atoms with Gasteiger partial charge in [0.05, 0.1) is 3.79 Å². The molecule has 1 aromatic carbocycles. The van der Waals surface area contributed by atoms with Gasteiger partial charge in [0.2, 0.25) is 10.0 Å². The second kappa shape index (κ2) is 6.89. The summed E-state index contributed by atoms with van der Waals surface area (Å²) in [5, 5.41) is 0. The Morgan fingerprint density at radius 2 is 1.86 bits per heavy atom. The van der Waals surface area contributed by atoms with E-state index in [9.17, 15) is 8.42 Å². The number of hydrogen-bond acceptors (Lipinski definition) is 4. The van der Waals surface area contributed by atoms with Gasteiger partial charge in [-0.1, -0.05) is 28.1 Å². The highest BCUT2D eigenvalue weighted by Gasteiger charge is 2.25. The van der Waals surface area contributed by atoms with Crippen LogP contribution in [0.1, 0.15) is 10.4 Å². The highest BCUT2D eigenvalue weighted by molar-refractivity contribution is 9.11. The lowest BCUT2D eigenvalue weighted by atomic mass is 10.2. The molecule has 0 unspecified atom stereocenters. The van der Waals surface area contributed by atoms with E-state index >= 15 is 0 Å². The van der Waals surface area contributed by atoms with Crippen LogP contribution in [-0.4, -0.2) is 19.8 Å². The molecule has 2 aromatic rings. The third-order valence-electron chi connectivity index (χ3n) is 2.91. The summed E-state index contributed by atoms with van der Waals surface area (Å²) in [5.74, 6) is 0.